The highest BCUT2D eigenvalue weighted by atomic mass is 32.2. The van der Waals surface area contributed by atoms with Crippen LogP contribution in [0.15, 0.2) is 41.4 Å². The second-order valence-electron chi connectivity index (χ2n) is 4.57. The van der Waals surface area contributed by atoms with E-state index in [0.29, 0.717) is 12.3 Å². The average molecular weight is 309 g/mol. The molecule has 0 saturated heterocycles. The lowest BCUT2D eigenvalue weighted by atomic mass is 10.2. The number of hydrogen-bond acceptors (Lipinski definition) is 4. The number of aromatic amines is 1. The number of methoxy groups -OCH3 is 1. The summed E-state index contributed by atoms with van der Waals surface area (Å²) in [5.74, 6) is 0.699. The molecule has 7 heteroatoms. The Morgan fingerprint density at radius 2 is 2.05 bits per heavy atom. The van der Waals surface area contributed by atoms with Crippen LogP contribution in [0.4, 0.5) is 0 Å². The van der Waals surface area contributed by atoms with Gasteiger partial charge in [-0.15, -0.1) is 0 Å². The van der Waals surface area contributed by atoms with Crippen LogP contribution in [-0.4, -0.2) is 27.6 Å². The molecule has 2 aromatic rings. The van der Waals surface area contributed by atoms with E-state index in [9.17, 15) is 8.42 Å². The largest absolute Gasteiger partial charge is 0.497 e. The molecule has 0 unspecified atom stereocenters. The van der Waals surface area contributed by atoms with Crippen molar-refractivity contribution in [1.82, 2.24) is 15.0 Å². The monoisotopic (exact) mass is 309 g/mol. The second-order valence-corrected chi connectivity index (χ2v) is 6.33. The molecule has 1 heterocycles. The van der Waals surface area contributed by atoms with E-state index in [0.717, 1.165) is 11.3 Å². The van der Waals surface area contributed by atoms with Crippen molar-refractivity contribution in [2.75, 3.05) is 14.2 Å². The Morgan fingerprint density at radius 1 is 1.24 bits per heavy atom. The third kappa shape index (κ3) is 4.07. The molecular weight excluding hydrogens is 290 g/mol. The van der Waals surface area contributed by atoms with Gasteiger partial charge >= 0.3 is 0 Å². The van der Waals surface area contributed by atoms with E-state index in [1.54, 1.807) is 26.3 Å². The third-order valence-electron chi connectivity index (χ3n) is 2.99. The quantitative estimate of drug-likeness (QED) is 0.718. The van der Waals surface area contributed by atoms with Gasteiger partial charge in [0.1, 0.15) is 5.75 Å². The first kappa shape index (κ1) is 15.6. The normalized spacial score (nSPS) is 11.5. The molecule has 21 heavy (non-hydrogen) atoms. The number of sulfonamides is 1. The van der Waals surface area contributed by atoms with Gasteiger partial charge < -0.3 is 15.0 Å². The zero-order chi connectivity index (χ0) is 15.3. The lowest BCUT2D eigenvalue weighted by Gasteiger charge is -2.06. The fraction of sp³-hybridized carbons (Fsp3) is 0.286. The zero-order valence-electron chi connectivity index (χ0n) is 12.0. The van der Waals surface area contributed by atoms with Gasteiger partial charge in [0.05, 0.1) is 12.0 Å². The SMILES string of the molecule is CNCc1cc(S(=O)(=O)NCc2cccc(OC)c2)c[nH]1. The molecule has 6 nitrogen and oxygen atoms in total. The molecule has 1 aromatic carbocycles. The summed E-state index contributed by atoms with van der Waals surface area (Å²) in [5, 5.41) is 2.96. The maximum atomic E-state index is 12.2. The molecule has 1 aromatic heterocycles. The van der Waals surface area contributed by atoms with Gasteiger partial charge in [0.25, 0.3) is 0 Å². The van der Waals surface area contributed by atoms with Crippen LogP contribution in [0.3, 0.4) is 0 Å². The smallest absolute Gasteiger partial charge is 0.242 e. The molecule has 0 aliphatic heterocycles. The van der Waals surface area contributed by atoms with Crippen LogP contribution >= 0.6 is 0 Å². The topological polar surface area (TPSA) is 83.2 Å². The van der Waals surface area contributed by atoms with Gasteiger partial charge in [-0.05, 0) is 30.8 Å². The van der Waals surface area contributed by atoms with Crippen LogP contribution in [0.1, 0.15) is 11.3 Å². The minimum atomic E-state index is -3.53. The van der Waals surface area contributed by atoms with Crippen LogP contribution in [0.2, 0.25) is 0 Å². The summed E-state index contributed by atoms with van der Waals surface area (Å²) in [5.41, 5.74) is 1.66. The molecule has 3 N–H and O–H groups in total. The standard InChI is InChI=1S/C14H19N3O3S/c1-15-9-12-7-14(10-16-12)21(18,19)17-8-11-4-3-5-13(6-11)20-2/h3-7,10,15-17H,8-9H2,1-2H3. The summed E-state index contributed by atoms with van der Waals surface area (Å²) in [6, 6.07) is 8.89. The van der Waals surface area contributed by atoms with Gasteiger partial charge in [0, 0.05) is 25.0 Å². The summed E-state index contributed by atoms with van der Waals surface area (Å²) in [6.07, 6.45) is 1.49. The van der Waals surface area contributed by atoms with Crippen molar-refractivity contribution >= 4 is 10.0 Å². The van der Waals surface area contributed by atoms with Crippen molar-refractivity contribution in [2.45, 2.75) is 18.0 Å². The van der Waals surface area contributed by atoms with E-state index in [-0.39, 0.29) is 11.4 Å². The number of ether oxygens (including phenoxy) is 1. The van der Waals surface area contributed by atoms with Gasteiger partial charge in [0.2, 0.25) is 10.0 Å². The maximum absolute atomic E-state index is 12.2. The molecule has 0 fully saturated rings. The summed E-state index contributed by atoms with van der Waals surface area (Å²) in [6.45, 7) is 0.803. The van der Waals surface area contributed by atoms with Crippen molar-refractivity contribution in [1.29, 1.82) is 0 Å². The van der Waals surface area contributed by atoms with Gasteiger partial charge in [-0.25, -0.2) is 13.1 Å². The molecule has 0 bridgehead atoms. The molecule has 0 aliphatic rings. The summed E-state index contributed by atoms with van der Waals surface area (Å²) >= 11 is 0. The lowest BCUT2D eigenvalue weighted by molar-refractivity contribution is 0.414. The first-order valence-corrected chi connectivity index (χ1v) is 7.98. The Labute approximate surface area is 124 Å². The zero-order valence-corrected chi connectivity index (χ0v) is 12.8. The Hall–Kier alpha value is -1.83. The molecule has 0 saturated carbocycles. The maximum Gasteiger partial charge on any atom is 0.242 e. The highest BCUT2D eigenvalue weighted by Crippen LogP contribution is 2.14. The Bertz CT molecular complexity index is 695. The number of benzene rings is 1. The molecule has 0 radical (unpaired) electrons. The van der Waals surface area contributed by atoms with E-state index in [2.05, 4.69) is 15.0 Å². The fourth-order valence-corrected chi connectivity index (χ4v) is 2.95. The van der Waals surface area contributed by atoms with Crippen molar-refractivity contribution in [3.63, 3.8) is 0 Å². The minimum Gasteiger partial charge on any atom is -0.497 e. The van der Waals surface area contributed by atoms with Crippen LogP contribution in [0.25, 0.3) is 0 Å². The Morgan fingerprint density at radius 3 is 2.76 bits per heavy atom. The molecule has 114 valence electrons. The molecular formula is C14H19N3O3S. The number of H-pyrrole nitrogens is 1. The van der Waals surface area contributed by atoms with Crippen LogP contribution in [0.5, 0.6) is 5.75 Å². The van der Waals surface area contributed by atoms with Crippen molar-refractivity contribution in [3.8, 4) is 5.75 Å². The number of hydrogen-bond donors (Lipinski definition) is 3. The van der Waals surface area contributed by atoms with Crippen molar-refractivity contribution < 1.29 is 13.2 Å². The van der Waals surface area contributed by atoms with Gasteiger partial charge in [-0.1, -0.05) is 12.1 Å². The molecule has 0 aliphatic carbocycles. The van der Waals surface area contributed by atoms with Crippen LogP contribution in [0, 0.1) is 0 Å². The fourth-order valence-electron chi connectivity index (χ4n) is 1.91. The van der Waals surface area contributed by atoms with Crippen LogP contribution < -0.4 is 14.8 Å². The van der Waals surface area contributed by atoms with Crippen molar-refractivity contribution in [3.05, 3.63) is 47.8 Å². The predicted molar refractivity (Wildman–Crippen MR) is 80.6 cm³/mol. The summed E-state index contributed by atoms with van der Waals surface area (Å²) in [4.78, 5) is 3.16. The van der Waals surface area contributed by atoms with E-state index >= 15 is 0 Å². The molecule has 0 amide bonds. The first-order chi connectivity index (χ1) is 10.0. The second kappa shape index (κ2) is 6.75. The minimum absolute atomic E-state index is 0.214. The van der Waals surface area contributed by atoms with Gasteiger partial charge in [0.15, 0.2) is 0 Å². The van der Waals surface area contributed by atoms with E-state index in [1.807, 2.05) is 18.2 Å². The number of nitrogens with one attached hydrogen (secondary N) is 3. The van der Waals surface area contributed by atoms with Gasteiger partial charge in [-0.2, -0.15) is 0 Å². The number of aromatic nitrogens is 1. The predicted octanol–water partition coefficient (Wildman–Crippen LogP) is 1.22. The van der Waals surface area contributed by atoms with Crippen LogP contribution in [-0.2, 0) is 23.1 Å². The molecule has 2 rings (SSSR count). The highest BCUT2D eigenvalue weighted by molar-refractivity contribution is 7.89. The highest BCUT2D eigenvalue weighted by Gasteiger charge is 2.15. The average Bonchev–Trinajstić information content (AvgIpc) is 2.95. The Balaban J connectivity index is 2.06. The van der Waals surface area contributed by atoms with E-state index in [4.69, 9.17) is 4.74 Å². The Kier molecular flexibility index (Phi) is 5.00. The lowest BCUT2D eigenvalue weighted by Crippen LogP contribution is -2.22. The van der Waals surface area contributed by atoms with Gasteiger partial charge in [-0.3, -0.25) is 0 Å². The van der Waals surface area contributed by atoms with E-state index < -0.39 is 10.0 Å². The first-order valence-electron chi connectivity index (χ1n) is 6.49. The third-order valence-corrected chi connectivity index (χ3v) is 4.37. The number of rotatable bonds is 7. The molecule has 0 spiro atoms. The summed E-state index contributed by atoms with van der Waals surface area (Å²) in [7, 11) is -0.148. The summed E-state index contributed by atoms with van der Waals surface area (Å²) < 4.78 is 32.1. The molecule has 0 atom stereocenters. The van der Waals surface area contributed by atoms with E-state index in [1.165, 1.54) is 6.20 Å². The van der Waals surface area contributed by atoms with Crippen molar-refractivity contribution in [2.24, 2.45) is 0 Å².